The smallest absolute Gasteiger partial charge is 0.333 e. The van der Waals surface area contributed by atoms with Gasteiger partial charge in [0, 0.05) is 11.3 Å². The molecule has 114 valence electrons. The zero-order valence-electron chi connectivity index (χ0n) is 11.5. The largest absolute Gasteiger partial charge is 0.480 e. The minimum atomic E-state index is -1.26. The van der Waals surface area contributed by atoms with Gasteiger partial charge in [0.15, 0.2) is 5.03 Å². The van der Waals surface area contributed by atoms with Crippen molar-refractivity contribution in [2.24, 2.45) is 0 Å². The molecule has 0 aliphatic heterocycles. The fourth-order valence-corrected chi connectivity index (χ4v) is 2.75. The van der Waals surface area contributed by atoms with E-state index in [1.165, 1.54) is 0 Å². The van der Waals surface area contributed by atoms with E-state index in [1.54, 1.807) is 54.6 Å². The van der Waals surface area contributed by atoms with Crippen LogP contribution in [0.5, 0.6) is 0 Å². The Bertz CT molecular complexity index is 579. The van der Waals surface area contributed by atoms with Crippen LogP contribution in [0.3, 0.4) is 0 Å². The Morgan fingerprint density at radius 1 is 1.14 bits per heavy atom. The lowest BCUT2D eigenvalue weighted by Gasteiger charge is -2.20. The van der Waals surface area contributed by atoms with Crippen molar-refractivity contribution in [2.45, 2.75) is 17.4 Å². The van der Waals surface area contributed by atoms with E-state index in [9.17, 15) is 20.0 Å². The molecule has 1 N–H and O–H groups in total. The SMILES string of the molecule is O=C(O)[C@H](Cc1ccccc1)N(Sc1ccccc1)[N+](=O)[O-]. The molecule has 0 saturated carbocycles. The highest BCUT2D eigenvalue weighted by Gasteiger charge is 2.34. The molecule has 0 unspecified atom stereocenters. The van der Waals surface area contributed by atoms with Gasteiger partial charge in [-0.25, -0.2) is 14.9 Å². The maximum absolute atomic E-state index is 11.5. The van der Waals surface area contributed by atoms with E-state index in [4.69, 9.17) is 0 Å². The van der Waals surface area contributed by atoms with Gasteiger partial charge in [-0.05, 0) is 22.1 Å². The molecular formula is C15H14N2O4S. The molecule has 0 radical (unpaired) electrons. The number of hydrogen-bond acceptors (Lipinski definition) is 4. The van der Waals surface area contributed by atoms with E-state index < -0.39 is 17.0 Å². The maximum Gasteiger partial charge on any atom is 0.333 e. The maximum atomic E-state index is 11.5. The molecule has 2 rings (SSSR count). The van der Waals surface area contributed by atoms with Crippen molar-refractivity contribution in [3.05, 3.63) is 76.3 Å². The predicted octanol–water partition coefficient (Wildman–Crippen LogP) is 2.88. The first-order chi connectivity index (χ1) is 10.6. The highest BCUT2D eigenvalue weighted by atomic mass is 32.2. The quantitative estimate of drug-likeness (QED) is 0.480. The third-order valence-electron chi connectivity index (χ3n) is 2.93. The summed E-state index contributed by atoms with van der Waals surface area (Å²) in [6, 6.07) is 16.3. The Hall–Kier alpha value is -2.54. The average Bonchev–Trinajstić information content (AvgIpc) is 2.52. The van der Waals surface area contributed by atoms with Gasteiger partial charge in [0.2, 0.25) is 6.04 Å². The van der Waals surface area contributed by atoms with Crippen molar-refractivity contribution in [1.82, 2.24) is 4.41 Å². The number of nitro groups is 1. The number of nitrogens with zero attached hydrogens (tertiary/aromatic N) is 2. The third-order valence-corrected chi connectivity index (χ3v) is 3.98. The molecule has 0 bridgehead atoms. The molecule has 0 amide bonds. The van der Waals surface area contributed by atoms with Crippen LogP contribution in [0.2, 0.25) is 0 Å². The molecule has 2 aromatic carbocycles. The summed E-state index contributed by atoms with van der Waals surface area (Å²) in [4.78, 5) is 23.4. The summed E-state index contributed by atoms with van der Waals surface area (Å²) in [6.07, 6.45) is 0.0526. The summed E-state index contributed by atoms with van der Waals surface area (Å²) in [5.74, 6) is -1.23. The Kier molecular flexibility index (Phi) is 5.37. The van der Waals surface area contributed by atoms with Crippen LogP contribution in [0, 0.1) is 10.1 Å². The van der Waals surface area contributed by atoms with Crippen molar-refractivity contribution in [3.8, 4) is 0 Å². The van der Waals surface area contributed by atoms with Crippen LogP contribution in [-0.4, -0.2) is 26.6 Å². The minimum Gasteiger partial charge on any atom is -0.480 e. The lowest BCUT2D eigenvalue weighted by Crippen LogP contribution is -2.41. The van der Waals surface area contributed by atoms with Gasteiger partial charge in [-0.15, -0.1) is 0 Å². The number of hydrogen-bond donors (Lipinski definition) is 1. The Morgan fingerprint density at radius 2 is 1.68 bits per heavy atom. The van der Waals surface area contributed by atoms with Crippen molar-refractivity contribution in [1.29, 1.82) is 0 Å². The first-order valence-electron chi connectivity index (χ1n) is 6.51. The van der Waals surface area contributed by atoms with Gasteiger partial charge in [0.05, 0.1) is 11.9 Å². The molecule has 0 aliphatic carbocycles. The molecule has 0 heterocycles. The lowest BCUT2D eigenvalue weighted by molar-refractivity contribution is -0.622. The number of carboxylic acid groups (broad SMARTS) is 1. The van der Waals surface area contributed by atoms with Crippen molar-refractivity contribution < 1.29 is 14.9 Å². The normalized spacial score (nSPS) is 11.6. The van der Waals surface area contributed by atoms with Crippen LogP contribution in [0.25, 0.3) is 0 Å². The molecule has 0 spiro atoms. The molecule has 0 fully saturated rings. The molecule has 2 aromatic rings. The van der Waals surface area contributed by atoms with Crippen molar-refractivity contribution >= 4 is 17.9 Å². The summed E-state index contributed by atoms with van der Waals surface area (Å²) in [5.41, 5.74) is 0.732. The third kappa shape index (κ3) is 4.23. The van der Waals surface area contributed by atoms with Crippen molar-refractivity contribution in [3.63, 3.8) is 0 Å². The molecule has 0 aliphatic rings. The molecular weight excluding hydrogens is 304 g/mol. The molecule has 22 heavy (non-hydrogen) atoms. The van der Waals surface area contributed by atoms with Gasteiger partial charge < -0.3 is 5.11 Å². The summed E-state index contributed by atoms with van der Waals surface area (Å²) in [6.45, 7) is 0. The average molecular weight is 318 g/mol. The second-order valence-electron chi connectivity index (χ2n) is 4.49. The van der Waals surface area contributed by atoms with E-state index in [2.05, 4.69) is 0 Å². The van der Waals surface area contributed by atoms with E-state index in [1.807, 2.05) is 6.07 Å². The Labute approximate surface area is 131 Å². The predicted molar refractivity (Wildman–Crippen MR) is 82.7 cm³/mol. The number of benzene rings is 2. The summed E-state index contributed by atoms with van der Waals surface area (Å²) in [5, 5.41) is 20.0. The van der Waals surface area contributed by atoms with Crippen LogP contribution < -0.4 is 0 Å². The van der Waals surface area contributed by atoms with Gasteiger partial charge >= 0.3 is 5.97 Å². The van der Waals surface area contributed by atoms with Gasteiger partial charge in [-0.2, -0.15) is 0 Å². The fourth-order valence-electron chi connectivity index (χ4n) is 1.90. The van der Waals surface area contributed by atoms with E-state index >= 15 is 0 Å². The summed E-state index contributed by atoms with van der Waals surface area (Å²) < 4.78 is 0.685. The number of carboxylic acids is 1. The van der Waals surface area contributed by atoms with Crippen LogP contribution in [0.1, 0.15) is 5.56 Å². The summed E-state index contributed by atoms with van der Waals surface area (Å²) in [7, 11) is 0. The van der Waals surface area contributed by atoms with E-state index in [0.717, 1.165) is 17.5 Å². The van der Waals surface area contributed by atoms with E-state index in [0.29, 0.717) is 9.31 Å². The van der Waals surface area contributed by atoms with Crippen LogP contribution >= 0.6 is 11.9 Å². The highest BCUT2D eigenvalue weighted by molar-refractivity contribution is 7.96. The number of hydrazine groups is 1. The standard InChI is InChI=1S/C15H14N2O4S/c18-15(19)14(11-12-7-3-1-4-8-12)16(17(20)21)22-13-9-5-2-6-10-13/h1-10,14H,11H2,(H,18,19)/t14-/m0/s1. The molecule has 7 heteroatoms. The van der Waals surface area contributed by atoms with Crippen molar-refractivity contribution in [2.75, 3.05) is 0 Å². The van der Waals surface area contributed by atoms with Crippen LogP contribution in [0.4, 0.5) is 0 Å². The monoisotopic (exact) mass is 318 g/mol. The number of carbonyl (C=O) groups is 1. The van der Waals surface area contributed by atoms with Gasteiger partial charge in [-0.1, -0.05) is 48.5 Å². The Morgan fingerprint density at radius 3 is 2.18 bits per heavy atom. The highest BCUT2D eigenvalue weighted by Crippen LogP contribution is 2.26. The lowest BCUT2D eigenvalue weighted by atomic mass is 10.1. The van der Waals surface area contributed by atoms with Gasteiger partial charge in [0.1, 0.15) is 0 Å². The Balaban J connectivity index is 2.22. The number of aliphatic carboxylic acids is 1. The zero-order chi connectivity index (χ0) is 15.9. The molecule has 1 atom stereocenters. The minimum absolute atomic E-state index is 0.0526. The topological polar surface area (TPSA) is 83.7 Å². The molecule has 0 aromatic heterocycles. The summed E-state index contributed by atoms with van der Waals surface area (Å²) >= 11 is 0.806. The second-order valence-corrected chi connectivity index (χ2v) is 5.52. The first kappa shape index (κ1) is 15.8. The van der Waals surface area contributed by atoms with E-state index in [-0.39, 0.29) is 6.42 Å². The molecule has 6 nitrogen and oxygen atoms in total. The number of rotatable bonds is 7. The first-order valence-corrected chi connectivity index (χ1v) is 7.28. The van der Waals surface area contributed by atoms with Gasteiger partial charge in [0.25, 0.3) is 0 Å². The molecule has 0 saturated heterocycles. The zero-order valence-corrected chi connectivity index (χ0v) is 12.3. The van der Waals surface area contributed by atoms with Gasteiger partial charge in [-0.3, -0.25) is 0 Å². The van der Waals surface area contributed by atoms with Crippen LogP contribution in [0.15, 0.2) is 65.6 Å². The fraction of sp³-hybridized carbons (Fsp3) is 0.133. The van der Waals surface area contributed by atoms with Crippen LogP contribution in [-0.2, 0) is 11.2 Å². The second kappa shape index (κ2) is 7.46.